The fourth-order valence-corrected chi connectivity index (χ4v) is 2.64. The molecule has 4 heteroatoms. The molecular formula is C11H19N3S. The van der Waals surface area contributed by atoms with E-state index in [0.717, 1.165) is 18.1 Å². The Morgan fingerprint density at radius 2 is 2.20 bits per heavy atom. The highest BCUT2D eigenvalue weighted by Crippen LogP contribution is 2.22. The number of aryl methyl sites for hydroxylation is 2. The van der Waals surface area contributed by atoms with E-state index in [-0.39, 0.29) is 0 Å². The lowest BCUT2D eigenvalue weighted by Gasteiger charge is -2.07. The summed E-state index contributed by atoms with van der Waals surface area (Å²) < 4.78 is 3.33. The van der Waals surface area contributed by atoms with E-state index in [0.29, 0.717) is 5.92 Å². The van der Waals surface area contributed by atoms with Gasteiger partial charge in [0, 0.05) is 12.2 Å². The monoisotopic (exact) mass is 225 g/mol. The van der Waals surface area contributed by atoms with Gasteiger partial charge in [0.15, 0.2) is 5.16 Å². The van der Waals surface area contributed by atoms with Gasteiger partial charge >= 0.3 is 0 Å². The average molecular weight is 225 g/mol. The summed E-state index contributed by atoms with van der Waals surface area (Å²) in [7, 11) is 0. The van der Waals surface area contributed by atoms with E-state index < -0.39 is 0 Å². The van der Waals surface area contributed by atoms with Crippen molar-refractivity contribution in [1.29, 1.82) is 0 Å². The summed E-state index contributed by atoms with van der Waals surface area (Å²) in [4.78, 5) is 7.99. The number of hydrogen-bond acceptors (Lipinski definition) is 3. The Kier molecular flexibility index (Phi) is 3.70. The fourth-order valence-electron chi connectivity index (χ4n) is 1.75. The van der Waals surface area contributed by atoms with E-state index in [2.05, 4.69) is 28.5 Å². The molecule has 0 radical (unpaired) electrons. The Labute approximate surface area is 95.6 Å². The predicted octanol–water partition coefficient (Wildman–Crippen LogP) is 2.54. The van der Waals surface area contributed by atoms with Crippen LogP contribution in [-0.2, 0) is 12.8 Å². The van der Waals surface area contributed by atoms with Crippen LogP contribution in [0.15, 0.2) is 5.16 Å². The molecule has 1 aliphatic rings. The lowest BCUT2D eigenvalue weighted by Crippen LogP contribution is -2.11. The van der Waals surface area contributed by atoms with Crippen LogP contribution in [0.3, 0.4) is 0 Å². The number of aromatic nitrogens is 2. The number of fused-ring (bicyclic) bond motifs is 1. The molecule has 1 aliphatic carbocycles. The van der Waals surface area contributed by atoms with Gasteiger partial charge in [-0.15, -0.1) is 0 Å². The summed E-state index contributed by atoms with van der Waals surface area (Å²) in [6.07, 6.45) is 4.92. The van der Waals surface area contributed by atoms with Crippen LogP contribution in [0.25, 0.3) is 0 Å². The molecule has 15 heavy (non-hydrogen) atoms. The zero-order valence-corrected chi connectivity index (χ0v) is 10.3. The van der Waals surface area contributed by atoms with Gasteiger partial charge in [-0.25, -0.2) is 4.98 Å². The molecular weight excluding hydrogens is 206 g/mol. The first-order valence-corrected chi connectivity index (χ1v) is 6.55. The first kappa shape index (κ1) is 11.0. The number of nitrogens with zero attached hydrogens (tertiary/aromatic N) is 1. The maximum absolute atomic E-state index is 4.59. The molecule has 0 aromatic carbocycles. The molecule has 0 atom stereocenters. The van der Waals surface area contributed by atoms with Gasteiger partial charge in [0.2, 0.25) is 0 Å². The third-order valence-electron chi connectivity index (χ3n) is 2.59. The molecule has 1 aromatic rings. The van der Waals surface area contributed by atoms with Crippen molar-refractivity contribution in [3.05, 3.63) is 11.4 Å². The highest BCUT2D eigenvalue weighted by Gasteiger charge is 2.14. The van der Waals surface area contributed by atoms with Crippen LogP contribution in [0.2, 0.25) is 0 Å². The Morgan fingerprint density at radius 1 is 1.40 bits per heavy atom. The minimum atomic E-state index is 0.682. The number of aromatic amines is 1. The first-order valence-electron chi connectivity index (χ1n) is 5.73. The molecule has 2 rings (SSSR count). The third-order valence-corrected chi connectivity index (χ3v) is 3.29. The van der Waals surface area contributed by atoms with Crippen molar-refractivity contribution in [1.82, 2.24) is 14.7 Å². The van der Waals surface area contributed by atoms with Crippen LogP contribution < -0.4 is 4.72 Å². The topological polar surface area (TPSA) is 40.7 Å². The van der Waals surface area contributed by atoms with Gasteiger partial charge in [0.05, 0.1) is 5.69 Å². The zero-order valence-electron chi connectivity index (χ0n) is 9.47. The smallest absolute Gasteiger partial charge is 0.181 e. The highest BCUT2D eigenvalue weighted by molar-refractivity contribution is 7.97. The Hall–Kier alpha value is -0.480. The molecule has 0 saturated heterocycles. The molecule has 0 bridgehead atoms. The molecule has 0 unspecified atom stereocenters. The number of nitrogens with one attached hydrogen (secondary N) is 2. The Balaban J connectivity index is 1.89. The van der Waals surface area contributed by atoms with Crippen molar-refractivity contribution in [2.75, 3.05) is 6.54 Å². The molecule has 0 spiro atoms. The first-order chi connectivity index (χ1) is 7.25. The highest BCUT2D eigenvalue weighted by atomic mass is 32.2. The second-order valence-electron chi connectivity index (χ2n) is 4.52. The van der Waals surface area contributed by atoms with Crippen LogP contribution in [-0.4, -0.2) is 16.5 Å². The van der Waals surface area contributed by atoms with Crippen LogP contribution in [0.5, 0.6) is 0 Å². The third kappa shape index (κ3) is 2.98. The van der Waals surface area contributed by atoms with Crippen molar-refractivity contribution in [2.45, 2.75) is 44.7 Å². The summed E-state index contributed by atoms with van der Waals surface area (Å²) in [5, 5.41) is 1.03. The fraction of sp³-hybridized carbons (Fsp3) is 0.727. The summed E-state index contributed by atoms with van der Waals surface area (Å²) in [6, 6.07) is 0. The number of imidazole rings is 1. The maximum atomic E-state index is 4.59. The van der Waals surface area contributed by atoms with Gasteiger partial charge in [0.1, 0.15) is 0 Å². The van der Waals surface area contributed by atoms with Gasteiger partial charge in [-0.2, -0.15) is 0 Å². The quantitative estimate of drug-likeness (QED) is 0.774. The summed E-state index contributed by atoms with van der Waals surface area (Å²) >= 11 is 1.63. The van der Waals surface area contributed by atoms with Crippen LogP contribution in [0.4, 0.5) is 0 Å². The van der Waals surface area contributed by atoms with Gasteiger partial charge in [-0.1, -0.05) is 13.8 Å². The molecule has 2 N–H and O–H groups in total. The van der Waals surface area contributed by atoms with Crippen molar-refractivity contribution in [3.63, 3.8) is 0 Å². The van der Waals surface area contributed by atoms with Crippen LogP contribution in [0, 0.1) is 5.92 Å². The van der Waals surface area contributed by atoms with Gasteiger partial charge in [0.25, 0.3) is 0 Å². The van der Waals surface area contributed by atoms with Gasteiger partial charge in [-0.3, -0.25) is 4.72 Å². The van der Waals surface area contributed by atoms with Crippen molar-refractivity contribution >= 4 is 11.9 Å². The van der Waals surface area contributed by atoms with E-state index in [1.807, 2.05) is 0 Å². The largest absolute Gasteiger partial charge is 0.336 e. The lowest BCUT2D eigenvalue weighted by molar-refractivity contribution is 0.639. The van der Waals surface area contributed by atoms with E-state index in [1.165, 1.54) is 30.7 Å². The lowest BCUT2D eigenvalue weighted by atomic mass is 10.0. The molecule has 0 saturated carbocycles. The minimum absolute atomic E-state index is 0.682. The molecule has 0 fully saturated rings. The minimum Gasteiger partial charge on any atom is -0.336 e. The number of hydrogen-bond donors (Lipinski definition) is 2. The van der Waals surface area contributed by atoms with Crippen LogP contribution in [0.1, 0.15) is 38.1 Å². The van der Waals surface area contributed by atoms with E-state index >= 15 is 0 Å². The van der Waals surface area contributed by atoms with E-state index in [4.69, 9.17) is 0 Å². The Bertz CT molecular complexity index is 296. The molecule has 84 valence electrons. The van der Waals surface area contributed by atoms with Crippen molar-refractivity contribution < 1.29 is 0 Å². The molecule has 0 amide bonds. The normalized spacial score (nSPS) is 15.7. The molecule has 3 nitrogen and oxygen atoms in total. The Morgan fingerprint density at radius 3 is 2.93 bits per heavy atom. The predicted molar refractivity (Wildman–Crippen MR) is 63.9 cm³/mol. The molecule has 0 aliphatic heterocycles. The van der Waals surface area contributed by atoms with Crippen LogP contribution >= 0.6 is 11.9 Å². The maximum Gasteiger partial charge on any atom is 0.181 e. The number of H-pyrrole nitrogens is 1. The SMILES string of the molecule is CC(C)CNSc1nc2c([nH]1)CCCC2. The average Bonchev–Trinajstić information content (AvgIpc) is 2.59. The van der Waals surface area contributed by atoms with Gasteiger partial charge < -0.3 is 4.98 Å². The van der Waals surface area contributed by atoms with Gasteiger partial charge in [-0.05, 0) is 43.5 Å². The van der Waals surface area contributed by atoms with E-state index in [9.17, 15) is 0 Å². The number of rotatable bonds is 4. The van der Waals surface area contributed by atoms with Crippen molar-refractivity contribution in [3.8, 4) is 0 Å². The molecule has 1 heterocycles. The van der Waals surface area contributed by atoms with E-state index in [1.54, 1.807) is 11.9 Å². The second kappa shape index (κ2) is 5.03. The summed E-state index contributed by atoms with van der Waals surface area (Å²) in [5.74, 6) is 0.682. The molecule has 1 aromatic heterocycles. The summed E-state index contributed by atoms with van der Waals surface area (Å²) in [6.45, 7) is 5.44. The summed E-state index contributed by atoms with van der Waals surface area (Å²) in [5.41, 5.74) is 2.64. The zero-order chi connectivity index (χ0) is 10.7. The second-order valence-corrected chi connectivity index (χ2v) is 5.40. The van der Waals surface area contributed by atoms with Crippen molar-refractivity contribution in [2.24, 2.45) is 5.92 Å². The standard InChI is InChI=1S/C11H19N3S/c1-8(2)7-12-15-11-13-9-5-3-4-6-10(9)14-11/h8,12H,3-7H2,1-2H3,(H,13,14).